The van der Waals surface area contributed by atoms with E-state index in [2.05, 4.69) is 28.2 Å². The maximum atomic E-state index is 13.2. The van der Waals surface area contributed by atoms with E-state index in [0.29, 0.717) is 39.1 Å². The summed E-state index contributed by atoms with van der Waals surface area (Å²) in [4.78, 5) is 19.4. The molecule has 0 unspecified atom stereocenters. The van der Waals surface area contributed by atoms with Gasteiger partial charge in [-0.05, 0) is 18.6 Å². The number of aromatic nitrogens is 3. The number of hydrogen-bond donors (Lipinski definition) is 0. The first kappa shape index (κ1) is 21.8. The average molecular weight is 446 g/mol. The van der Waals surface area contributed by atoms with E-state index in [4.69, 9.17) is 4.74 Å². The van der Waals surface area contributed by atoms with Crippen LogP contribution in [0.3, 0.4) is 0 Å². The van der Waals surface area contributed by atoms with Gasteiger partial charge in [0.05, 0.1) is 17.3 Å². The fraction of sp³-hybridized carbons (Fsp3) is 0.292. The number of fused-ring (bicyclic) bond motifs is 3. The van der Waals surface area contributed by atoms with Crippen LogP contribution >= 0.6 is 11.8 Å². The molecule has 0 spiro atoms. The van der Waals surface area contributed by atoms with Crippen LogP contribution in [-0.4, -0.2) is 26.8 Å². The van der Waals surface area contributed by atoms with Crippen LogP contribution in [0.5, 0.6) is 5.88 Å². The third-order valence-corrected chi connectivity index (χ3v) is 6.08. The number of carbonyl (C=O) groups is 1. The van der Waals surface area contributed by atoms with Crippen molar-refractivity contribution in [1.29, 1.82) is 5.26 Å². The van der Waals surface area contributed by atoms with Crippen molar-refractivity contribution in [2.75, 3.05) is 10.7 Å². The molecule has 0 aliphatic carbocycles. The van der Waals surface area contributed by atoms with Crippen molar-refractivity contribution in [1.82, 2.24) is 15.2 Å². The summed E-state index contributed by atoms with van der Waals surface area (Å²) in [5.41, 5.74) is 2.88. The van der Waals surface area contributed by atoms with Crippen molar-refractivity contribution in [2.45, 2.75) is 44.5 Å². The predicted molar refractivity (Wildman–Crippen MR) is 123 cm³/mol. The van der Waals surface area contributed by atoms with Crippen LogP contribution in [0.25, 0.3) is 11.3 Å². The van der Waals surface area contributed by atoms with E-state index >= 15 is 0 Å². The minimum atomic E-state index is -0.856. The van der Waals surface area contributed by atoms with Crippen LogP contribution in [0.1, 0.15) is 50.5 Å². The molecule has 7 nitrogen and oxygen atoms in total. The van der Waals surface area contributed by atoms with Crippen LogP contribution in [0.4, 0.5) is 5.69 Å². The molecule has 162 valence electrons. The van der Waals surface area contributed by atoms with E-state index in [0.717, 1.165) is 18.6 Å². The molecule has 1 atom stereocenters. The van der Waals surface area contributed by atoms with Crippen LogP contribution in [0.15, 0.2) is 53.7 Å². The molecule has 3 aromatic rings. The molecule has 1 aliphatic heterocycles. The highest BCUT2D eigenvalue weighted by Gasteiger charge is 2.36. The van der Waals surface area contributed by atoms with Gasteiger partial charge in [0, 0.05) is 23.3 Å². The largest absolute Gasteiger partial charge is 0.447 e. The summed E-state index contributed by atoms with van der Waals surface area (Å²) < 4.78 is 6.38. The fourth-order valence-corrected chi connectivity index (χ4v) is 4.40. The molecular weight excluding hydrogens is 422 g/mol. The quantitative estimate of drug-likeness (QED) is 0.383. The van der Waals surface area contributed by atoms with Crippen molar-refractivity contribution >= 4 is 23.4 Å². The number of nitrogens with zero attached hydrogens (tertiary/aromatic N) is 5. The Bertz CT molecular complexity index is 1180. The van der Waals surface area contributed by atoms with Crippen molar-refractivity contribution in [2.24, 2.45) is 0 Å². The van der Waals surface area contributed by atoms with Gasteiger partial charge in [-0.2, -0.15) is 10.2 Å². The Morgan fingerprint density at radius 1 is 1.16 bits per heavy atom. The Balaban J connectivity index is 1.90. The Hall–Kier alpha value is -3.44. The van der Waals surface area contributed by atoms with Gasteiger partial charge in [-0.1, -0.05) is 68.4 Å². The Labute approximate surface area is 191 Å². The number of thioether (sulfide) groups is 1. The van der Waals surface area contributed by atoms with Gasteiger partial charge in [-0.15, -0.1) is 10.2 Å². The maximum absolute atomic E-state index is 13.2. The average Bonchev–Trinajstić information content (AvgIpc) is 2.98. The summed E-state index contributed by atoms with van der Waals surface area (Å²) >= 11 is 1.52. The molecule has 32 heavy (non-hydrogen) atoms. The van der Waals surface area contributed by atoms with Crippen LogP contribution in [0.2, 0.25) is 0 Å². The van der Waals surface area contributed by atoms with Crippen LogP contribution in [0, 0.1) is 11.3 Å². The van der Waals surface area contributed by atoms with Crippen molar-refractivity contribution < 1.29 is 9.53 Å². The Morgan fingerprint density at radius 2 is 1.94 bits per heavy atom. The molecule has 2 aromatic carbocycles. The molecule has 0 saturated heterocycles. The van der Waals surface area contributed by atoms with Gasteiger partial charge in [0.2, 0.25) is 23.2 Å². The van der Waals surface area contributed by atoms with Gasteiger partial charge in [0.25, 0.3) is 0 Å². The summed E-state index contributed by atoms with van der Waals surface area (Å²) in [6.07, 6.45) is 1.55. The molecular formula is C24H23N5O2S. The smallest absolute Gasteiger partial charge is 0.247 e. The second-order valence-electron chi connectivity index (χ2n) is 7.25. The molecule has 0 bridgehead atoms. The highest BCUT2D eigenvalue weighted by Crippen LogP contribution is 2.44. The summed E-state index contributed by atoms with van der Waals surface area (Å²) in [7, 11) is 0. The molecule has 4 rings (SSSR count). The molecule has 1 aliphatic rings. The number of rotatable bonds is 6. The Kier molecular flexibility index (Phi) is 6.66. The lowest BCUT2D eigenvalue weighted by Gasteiger charge is -2.31. The van der Waals surface area contributed by atoms with Crippen molar-refractivity contribution in [3.05, 3.63) is 59.7 Å². The van der Waals surface area contributed by atoms with Gasteiger partial charge in [0.1, 0.15) is 0 Å². The number of hydrogen-bond acceptors (Lipinski definition) is 7. The number of ether oxygens (including phenoxy) is 1. The predicted octanol–water partition coefficient (Wildman–Crippen LogP) is 5.14. The SMILES string of the molecule is CCCCSc1nnc2c(n1)O[C@H](c1ccccc1C#N)N(C(=O)CC)c1ccccc1-2. The number of unbranched alkanes of at least 4 members (excludes halogenated alkanes) is 1. The van der Waals surface area contributed by atoms with E-state index in [1.54, 1.807) is 30.0 Å². The molecule has 0 radical (unpaired) electrons. The van der Waals surface area contributed by atoms with Gasteiger partial charge in [-0.3, -0.25) is 9.69 Å². The second kappa shape index (κ2) is 9.79. The highest BCUT2D eigenvalue weighted by atomic mass is 32.2. The molecule has 1 amide bonds. The maximum Gasteiger partial charge on any atom is 0.247 e. The fourth-order valence-electron chi connectivity index (χ4n) is 3.54. The normalized spacial score (nSPS) is 14.5. The molecule has 0 N–H and O–H groups in total. The van der Waals surface area contributed by atoms with E-state index < -0.39 is 6.23 Å². The van der Waals surface area contributed by atoms with Crippen molar-refractivity contribution in [3.8, 4) is 23.2 Å². The summed E-state index contributed by atoms with van der Waals surface area (Å²) in [5.74, 6) is 1.05. The third kappa shape index (κ3) is 4.16. The van der Waals surface area contributed by atoms with Crippen LogP contribution in [-0.2, 0) is 4.79 Å². The second-order valence-corrected chi connectivity index (χ2v) is 8.32. The van der Waals surface area contributed by atoms with Crippen LogP contribution < -0.4 is 9.64 Å². The van der Waals surface area contributed by atoms with Crippen molar-refractivity contribution in [3.63, 3.8) is 0 Å². The van der Waals surface area contributed by atoms with Gasteiger partial charge < -0.3 is 4.74 Å². The summed E-state index contributed by atoms with van der Waals surface area (Å²) in [6, 6.07) is 16.8. The third-order valence-electron chi connectivity index (χ3n) is 5.16. The first-order chi connectivity index (χ1) is 15.7. The monoisotopic (exact) mass is 445 g/mol. The summed E-state index contributed by atoms with van der Waals surface area (Å²) in [5, 5.41) is 19.0. The first-order valence-electron chi connectivity index (χ1n) is 10.6. The zero-order valence-electron chi connectivity index (χ0n) is 18.0. The molecule has 0 fully saturated rings. The number of para-hydroxylation sites is 1. The number of amides is 1. The summed E-state index contributed by atoms with van der Waals surface area (Å²) in [6.45, 7) is 3.93. The van der Waals surface area contributed by atoms with E-state index in [9.17, 15) is 10.1 Å². The lowest BCUT2D eigenvalue weighted by Crippen LogP contribution is -2.37. The molecule has 2 heterocycles. The highest BCUT2D eigenvalue weighted by molar-refractivity contribution is 7.99. The lowest BCUT2D eigenvalue weighted by molar-refractivity contribution is -0.120. The number of carbonyl (C=O) groups excluding carboxylic acids is 1. The zero-order valence-corrected chi connectivity index (χ0v) is 18.8. The number of anilines is 1. The van der Waals surface area contributed by atoms with Gasteiger partial charge >= 0.3 is 0 Å². The first-order valence-corrected chi connectivity index (χ1v) is 11.6. The number of benzene rings is 2. The minimum Gasteiger partial charge on any atom is -0.447 e. The van der Waals surface area contributed by atoms with E-state index in [-0.39, 0.29) is 12.3 Å². The molecule has 1 aromatic heterocycles. The zero-order chi connectivity index (χ0) is 22.5. The van der Waals surface area contributed by atoms with E-state index in [1.165, 1.54) is 11.8 Å². The van der Waals surface area contributed by atoms with Gasteiger partial charge in [-0.25, -0.2) is 0 Å². The molecule has 8 heteroatoms. The topological polar surface area (TPSA) is 92.0 Å². The van der Waals surface area contributed by atoms with E-state index in [1.807, 2.05) is 30.3 Å². The molecule has 0 saturated carbocycles. The number of nitriles is 1. The van der Waals surface area contributed by atoms with Gasteiger partial charge in [0.15, 0.2) is 5.69 Å². The standard InChI is InChI=1S/C24H23N5O2S/c1-3-5-14-32-24-26-22-21(27-28-24)18-12-8-9-13-19(18)29(20(30)4-2)23(31-22)17-11-7-6-10-16(17)15-25/h6-13,23H,3-5,14H2,1-2H3/t23-/m1/s1. The Morgan fingerprint density at radius 3 is 2.72 bits per heavy atom. The minimum absolute atomic E-state index is 0.131. The lowest BCUT2D eigenvalue weighted by atomic mass is 10.0.